The quantitative estimate of drug-likeness (QED) is 0.0200. The fourth-order valence-electron chi connectivity index (χ4n) is 6.52. The minimum absolute atomic E-state index is 0.119. The van der Waals surface area contributed by atoms with E-state index in [0.717, 1.165) is 83.5 Å². The molecule has 0 N–H and O–H groups in total. The second kappa shape index (κ2) is 50.0. The van der Waals surface area contributed by atoms with Crippen molar-refractivity contribution in [2.75, 3.05) is 13.2 Å². The summed E-state index contributed by atoms with van der Waals surface area (Å²) in [5, 5.41) is 0. The van der Waals surface area contributed by atoms with E-state index >= 15 is 0 Å². The third-order valence-corrected chi connectivity index (χ3v) is 10.3. The van der Waals surface area contributed by atoms with Crippen molar-refractivity contribution in [1.82, 2.24) is 0 Å². The van der Waals surface area contributed by atoms with Gasteiger partial charge in [-0.1, -0.05) is 201 Å². The number of carbonyl (C=O) groups excluding carboxylic acids is 3. The van der Waals surface area contributed by atoms with E-state index in [0.29, 0.717) is 19.3 Å². The van der Waals surface area contributed by atoms with Crippen molar-refractivity contribution in [2.24, 2.45) is 0 Å². The molecule has 0 bridgehead atoms. The first-order valence-electron chi connectivity index (χ1n) is 25.3. The predicted octanol–water partition coefficient (Wildman–Crippen LogP) is 16.6. The molecule has 0 rings (SSSR count). The molecule has 0 saturated carbocycles. The molecular weight excluding hydrogens is 769 g/mol. The van der Waals surface area contributed by atoms with E-state index in [4.69, 9.17) is 14.2 Å². The van der Waals surface area contributed by atoms with E-state index in [2.05, 4.69) is 106 Å². The van der Waals surface area contributed by atoms with Gasteiger partial charge < -0.3 is 14.2 Å². The molecule has 0 spiro atoms. The van der Waals surface area contributed by atoms with Crippen LogP contribution in [0.5, 0.6) is 0 Å². The molecular formula is C56H92O6. The molecule has 6 heteroatoms. The lowest BCUT2D eigenvalue weighted by atomic mass is 10.1. The molecule has 0 radical (unpaired) electrons. The molecule has 352 valence electrons. The molecule has 1 unspecified atom stereocenters. The largest absolute Gasteiger partial charge is 0.462 e. The van der Waals surface area contributed by atoms with Crippen LogP contribution in [0.2, 0.25) is 0 Å². The van der Waals surface area contributed by atoms with Crippen molar-refractivity contribution in [2.45, 2.75) is 226 Å². The second-order valence-electron chi connectivity index (χ2n) is 16.4. The van der Waals surface area contributed by atoms with Crippen LogP contribution in [0.15, 0.2) is 97.2 Å². The highest BCUT2D eigenvalue weighted by Crippen LogP contribution is 2.13. The zero-order valence-electron chi connectivity index (χ0n) is 40.1. The lowest BCUT2D eigenvalue weighted by Crippen LogP contribution is -2.30. The number of hydrogen-bond donors (Lipinski definition) is 0. The highest BCUT2D eigenvalue weighted by molar-refractivity contribution is 5.71. The molecule has 0 saturated heterocycles. The van der Waals surface area contributed by atoms with Crippen LogP contribution < -0.4 is 0 Å². The highest BCUT2D eigenvalue weighted by atomic mass is 16.6. The molecule has 0 amide bonds. The molecule has 0 fully saturated rings. The average Bonchev–Trinajstić information content (AvgIpc) is 3.27. The van der Waals surface area contributed by atoms with Gasteiger partial charge >= 0.3 is 17.9 Å². The summed E-state index contributed by atoms with van der Waals surface area (Å²) in [5.41, 5.74) is 0. The smallest absolute Gasteiger partial charge is 0.306 e. The van der Waals surface area contributed by atoms with Crippen LogP contribution in [-0.4, -0.2) is 37.2 Å². The summed E-state index contributed by atoms with van der Waals surface area (Å²) < 4.78 is 16.7. The van der Waals surface area contributed by atoms with Gasteiger partial charge in [0.1, 0.15) is 13.2 Å². The van der Waals surface area contributed by atoms with Crippen molar-refractivity contribution in [3.05, 3.63) is 97.2 Å². The maximum absolute atomic E-state index is 12.7. The van der Waals surface area contributed by atoms with Crippen molar-refractivity contribution in [1.29, 1.82) is 0 Å². The van der Waals surface area contributed by atoms with Gasteiger partial charge in [0.25, 0.3) is 0 Å². The van der Waals surface area contributed by atoms with Crippen molar-refractivity contribution in [3.8, 4) is 0 Å². The van der Waals surface area contributed by atoms with Crippen molar-refractivity contribution >= 4 is 17.9 Å². The minimum atomic E-state index is -0.829. The van der Waals surface area contributed by atoms with Gasteiger partial charge in [0.2, 0.25) is 0 Å². The maximum atomic E-state index is 12.7. The van der Waals surface area contributed by atoms with Crippen LogP contribution >= 0.6 is 0 Å². The van der Waals surface area contributed by atoms with Crippen LogP contribution in [0, 0.1) is 0 Å². The molecule has 6 nitrogen and oxygen atoms in total. The Morgan fingerprint density at radius 3 is 1.21 bits per heavy atom. The molecule has 0 aliphatic heterocycles. The Morgan fingerprint density at radius 2 is 0.726 bits per heavy atom. The van der Waals surface area contributed by atoms with Gasteiger partial charge in [0, 0.05) is 19.3 Å². The standard InChI is InChI=1S/C56H92O6/c1-4-7-10-13-16-19-22-24-26-28-30-31-34-37-40-43-46-49-55(58)61-52-53(51-60-54(57)48-45-42-39-36-33-21-18-15-12-9-6-3)62-56(59)50-47-44-41-38-35-32-29-27-25-23-20-17-14-11-8-5-2/h8,11,15,17-18,20-21,24-27,32-33,35,41,44,53H,4-7,9-10,12-14,16,19,22-23,28-31,34,36-40,42-43,45-52H2,1-3H3/b11-8-,18-15-,20-17-,26-24-,27-25-,33-21-,35-32-,44-41-. The minimum Gasteiger partial charge on any atom is -0.462 e. The van der Waals surface area contributed by atoms with Crippen LogP contribution in [0.25, 0.3) is 0 Å². The molecule has 0 aliphatic carbocycles. The van der Waals surface area contributed by atoms with Crippen molar-refractivity contribution in [3.63, 3.8) is 0 Å². The van der Waals surface area contributed by atoms with Crippen molar-refractivity contribution < 1.29 is 28.6 Å². The Kier molecular flexibility index (Phi) is 47.0. The molecule has 1 atom stereocenters. The van der Waals surface area contributed by atoms with E-state index in [1.54, 1.807) is 0 Å². The number of carbonyl (C=O) groups is 3. The molecule has 62 heavy (non-hydrogen) atoms. The maximum Gasteiger partial charge on any atom is 0.306 e. The van der Waals surface area contributed by atoms with Gasteiger partial charge in [0.15, 0.2) is 6.10 Å². The first-order chi connectivity index (χ1) is 30.5. The number of esters is 3. The van der Waals surface area contributed by atoms with E-state index < -0.39 is 12.1 Å². The van der Waals surface area contributed by atoms with Crippen LogP contribution in [0.4, 0.5) is 0 Å². The second-order valence-corrected chi connectivity index (χ2v) is 16.4. The Bertz CT molecular complexity index is 1260. The summed E-state index contributed by atoms with van der Waals surface area (Å²) in [6.07, 6.45) is 65.5. The Hall–Kier alpha value is -3.67. The van der Waals surface area contributed by atoms with Gasteiger partial charge in [-0.2, -0.15) is 0 Å². The first-order valence-corrected chi connectivity index (χ1v) is 25.3. The summed E-state index contributed by atoms with van der Waals surface area (Å²) in [6, 6.07) is 0. The van der Waals surface area contributed by atoms with Gasteiger partial charge in [-0.15, -0.1) is 0 Å². The number of ether oxygens (including phenoxy) is 3. The molecule has 0 aromatic carbocycles. The normalized spacial score (nSPS) is 12.9. The Morgan fingerprint density at radius 1 is 0.355 bits per heavy atom. The molecule has 0 aromatic rings. The SMILES string of the molecule is CC/C=C\C/C=C\C/C=C\C/C=C\C/C=C\CCC(=O)OC(COC(=O)CCCCC/C=C\C=C/CCCC)COC(=O)CCCCCCCCC/C=C\CCCCCCCC. The lowest BCUT2D eigenvalue weighted by Gasteiger charge is -2.18. The van der Waals surface area contributed by atoms with E-state index in [-0.39, 0.29) is 31.6 Å². The number of allylic oxidation sites excluding steroid dienone is 16. The van der Waals surface area contributed by atoms with E-state index in [1.807, 2.05) is 12.2 Å². The van der Waals surface area contributed by atoms with Gasteiger partial charge in [-0.25, -0.2) is 0 Å². The summed E-state index contributed by atoms with van der Waals surface area (Å²) >= 11 is 0. The van der Waals surface area contributed by atoms with Gasteiger partial charge in [-0.3, -0.25) is 14.4 Å². The molecule has 0 aromatic heterocycles. The topological polar surface area (TPSA) is 78.9 Å². The number of rotatable bonds is 44. The zero-order chi connectivity index (χ0) is 45.1. The Labute approximate surface area is 381 Å². The van der Waals surface area contributed by atoms with E-state index in [9.17, 15) is 14.4 Å². The van der Waals surface area contributed by atoms with Gasteiger partial charge in [0.05, 0.1) is 0 Å². The zero-order valence-corrected chi connectivity index (χ0v) is 40.1. The van der Waals surface area contributed by atoms with Crippen LogP contribution in [0.1, 0.15) is 220 Å². The highest BCUT2D eigenvalue weighted by Gasteiger charge is 2.19. The van der Waals surface area contributed by atoms with Crippen LogP contribution in [-0.2, 0) is 28.6 Å². The fraction of sp³-hybridized carbons (Fsp3) is 0.661. The van der Waals surface area contributed by atoms with Gasteiger partial charge in [-0.05, 0) is 96.3 Å². The van der Waals surface area contributed by atoms with E-state index in [1.165, 1.54) is 89.9 Å². The first kappa shape index (κ1) is 58.3. The Balaban J connectivity index is 4.51. The fourth-order valence-corrected chi connectivity index (χ4v) is 6.52. The average molecular weight is 861 g/mol. The van der Waals surface area contributed by atoms with Crippen LogP contribution in [0.3, 0.4) is 0 Å². The summed E-state index contributed by atoms with van der Waals surface area (Å²) in [7, 11) is 0. The summed E-state index contributed by atoms with van der Waals surface area (Å²) in [6.45, 7) is 6.36. The number of hydrogen-bond acceptors (Lipinski definition) is 6. The monoisotopic (exact) mass is 861 g/mol. The molecule has 0 heterocycles. The summed E-state index contributed by atoms with van der Waals surface area (Å²) in [4.78, 5) is 37.9. The predicted molar refractivity (Wildman–Crippen MR) is 265 cm³/mol. The molecule has 0 aliphatic rings. The number of unbranched alkanes of at least 4 members (excludes halogenated alkanes) is 18. The third-order valence-electron chi connectivity index (χ3n) is 10.3. The third kappa shape index (κ3) is 47.4. The summed E-state index contributed by atoms with van der Waals surface area (Å²) in [5.74, 6) is -1.04. The lowest BCUT2D eigenvalue weighted by molar-refractivity contribution is -0.166.